The van der Waals surface area contributed by atoms with E-state index in [2.05, 4.69) is 22.4 Å². The van der Waals surface area contributed by atoms with Crippen LogP contribution in [0.1, 0.15) is 24.0 Å². The molecule has 0 saturated heterocycles. The summed E-state index contributed by atoms with van der Waals surface area (Å²) in [6.07, 6.45) is 5.03. The number of ether oxygens (including phenoxy) is 2. The summed E-state index contributed by atoms with van der Waals surface area (Å²) in [7, 11) is 3.53. The van der Waals surface area contributed by atoms with Crippen LogP contribution in [0, 0.1) is 0 Å². The molecule has 1 unspecified atom stereocenters. The van der Waals surface area contributed by atoms with Gasteiger partial charge in [-0.25, -0.2) is 0 Å². The van der Waals surface area contributed by atoms with Crippen LogP contribution in [0.2, 0.25) is 0 Å². The van der Waals surface area contributed by atoms with Crippen LogP contribution in [0.5, 0.6) is 11.5 Å². The van der Waals surface area contributed by atoms with Crippen LogP contribution in [-0.2, 0) is 12.0 Å². The highest BCUT2D eigenvalue weighted by Crippen LogP contribution is 2.55. The molecule has 0 fully saturated rings. The predicted molar refractivity (Wildman–Crippen MR) is 95.5 cm³/mol. The van der Waals surface area contributed by atoms with Crippen LogP contribution < -0.4 is 14.8 Å². The zero-order chi connectivity index (χ0) is 16.9. The highest BCUT2D eigenvalue weighted by Gasteiger charge is 2.52. The Balaban J connectivity index is 1.88. The number of nitrogens with zero attached hydrogens (tertiary/aromatic N) is 1. The Morgan fingerprint density at radius 2 is 2.33 bits per heavy atom. The van der Waals surface area contributed by atoms with E-state index >= 15 is 0 Å². The summed E-state index contributed by atoms with van der Waals surface area (Å²) in [6, 6.07) is 4.08. The Labute approximate surface area is 147 Å². The first kappa shape index (κ1) is 15.7. The van der Waals surface area contributed by atoms with Crippen LogP contribution in [0.3, 0.4) is 0 Å². The Kier molecular flexibility index (Phi) is 3.69. The van der Waals surface area contributed by atoms with Gasteiger partial charge in [0.25, 0.3) is 0 Å². The van der Waals surface area contributed by atoms with Gasteiger partial charge in [-0.3, -0.25) is 0 Å². The molecule has 2 heterocycles. The zero-order valence-electron chi connectivity index (χ0n) is 13.9. The van der Waals surface area contributed by atoms with E-state index in [0.717, 1.165) is 36.1 Å². The summed E-state index contributed by atoms with van der Waals surface area (Å²) in [5.41, 5.74) is 2.21. The molecule has 3 aliphatic rings. The van der Waals surface area contributed by atoms with Crippen molar-refractivity contribution in [1.82, 2.24) is 10.2 Å². The average molecular weight is 346 g/mol. The zero-order valence-corrected chi connectivity index (χ0v) is 14.7. The SMILES string of the molecule is CNC(=S)N1CCC23C=C[C@@H](O)C[C@H]2Oc2c(OC)ccc(c23)C1. The Morgan fingerprint density at radius 1 is 1.50 bits per heavy atom. The molecule has 2 N–H and O–H groups in total. The minimum Gasteiger partial charge on any atom is -0.493 e. The van der Waals surface area contributed by atoms with Gasteiger partial charge >= 0.3 is 0 Å². The molecule has 6 heteroatoms. The maximum Gasteiger partial charge on any atom is 0.168 e. The van der Waals surface area contributed by atoms with Crippen molar-refractivity contribution >= 4 is 17.3 Å². The van der Waals surface area contributed by atoms with Gasteiger partial charge in [-0.05, 0) is 30.3 Å². The fourth-order valence-corrected chi connectivity index (χ4v) is 4.42. The highest BCUT2D eigenvalue weighted by molar-refractivity contribution is 7.80. The third-order valence-corrected chi connectivity index (χ3v) is 5.92. The van der Waals surface area contributed by atoms with E-state index in [1.54, 1.807) is 7.11 Å². The van der Waals surface area contributed by atoms with E-state index in [-0.39, 0.29) is 11.5 Å². The lowest BCUT2D eigenvalue weighted by molar-refractivity contribution is 0.0833. The van der Waals surface area contributed by atoms with Crippen molar-refractivity contribution in [3.63, 3.8) is 0 Å². The number of thiocarbonyl (C=S) groups is 1. The minimum absolute atomic E-state index is 0.0642. The normalized spacial score (nSPS) is 30.0. The molecule has 4 rings (SSSR count). The van der Waals surface area contributed by atoms with E-state index in [0.29, 0.717) is 6.42 Å². The number of rotatable bonds is 1. The van der Waals surface area contributed by atoms with Gasteiger partial charge in [-0.2, -0.15) is 0 Å². The highest BCUT2D eigenvalue weighted by atomic mass is 32.1. The Morgan fingerprint density at radius 3 is 3.08 bits per heavy atom. The molecule has 0 saturated carbocycles. The third kappa shape index (κ3) is 2.13. The molecule has 1 aromatic carbocycles. The molecule has 128 valence electrons. The van der Waals surface area contributed by atoms with E-state index in [9.17, 15) is 5.11 Å². The number of hydrogen-bond acceptors (Lipinski definition) is 4. The van der Waals surface area contributed by atoms with E-state index in [4.69, 9.17) is 21.7 Å². The number of hydrogen-bond donors (Lipinski definition) is 2. The first-order valence-electron chi connectivity index (χ1n) is 8.30. The maximum absolute atomic E-state index is 10.1. The standard InChI is InChI=1S/C18H22N2O3S/c1-19-17(24)20-8-7-18-6-5-12(21)9-14(18)23-16-13(22-2)4-3-11(10-20)15(16)18/h3-6,12,14,21H,7-10H2,1-2H3,(H,19,24)/t12-,14-,18?/m1/s1. The van der Waals surface area contributed by atoms with Crippen LogP contribution in [0.4, 0.5) is 0 Å². The monoisotopic (exact) mass is 346 g/mol. The fraction of sp³-hybridized carbons (Fsp3) is 0.500. The second-order valence-electron chi connectivity index (χ2n) is 6.67. The smallest absolute Gasteiger partial charge is 0.168 e. The molecule has 0 amide bonds. The van der Waals surface area contributed by atoms with Crippen molar-refractivity contribution in [1.29, 1.82) is 0 Å². The summed E-state index contributed by atoms with van der Waals surface area (Å²) in [5, 5.41) is 13.9. The van der Waals surface area contributed by atoms with Gasteiger partial charge in [-0.15, -0.1) is 0 Å². The molecule has 0 radical (unpaired) electrons. The van der Waals surface area contributed by atoms with Gasteiger partial charge in [0, 0.05) is 32.1 Å². The minimum atomic E-state index is -0.456. The maximum atomic E-state index is 10.1. The van der Waals surface area contributed by atoms with E-state index < -0.39 is 6.10 Å². The lowest BCUT2D eigenvalue weighted by Crippen LogP contribution is -2.44. The van der Waals surface area contributed by atoms with E-state index in [1.165, 1.54) is 11.1 Å². The predicted octanol–water partition coefficient (Wildman–Crippen LogP) is 1.72. The molecule has 3 atom stereocenters. The van der Waals surface area contributed by atoms with Crippen molar-refractivity contribution in [3.8, 4) is 11.5 Å². The fourth-order valence-electron chi connectivity index (χ4n) is 4.27. The summed E-state index contributed by atoms with van der Waals surface area (Å²) in [5.74, 6) is 1.59. The Hall–Kier alpha value is -1.79. The number of benzene rings is 1. The van der Waals surface area contributed by atoms with Crippen molar-refractivity contribution < 1.29 is 14.6 Å². The van der Waals surface area contributed by atoms with E-state index in [1.807, 2.05) is 19.2 Å². The summed E-state index contributed by atoms with van der Waals surface area (Å²) in [6.45, 7) is 1.59. The molecule has 1 spiro atoms. The first-order chi connectivity index (χ1) is 11.6. The third-order valence-electron chi connectivity index (χ3n) is 5.46. The molecular formula is C18H22N2O3S. The van der Waals surface area contributed by atoms with Gasteiger partial charge in [0.05, 0.1) is 18.6 Å². The Bertz CT molecular complexity index is 720. The van der Waals surface area contributed by atoms with Crippen LogP contribution >= 0.6 is 12.2 Å². The van der Waals surface area contributed by atoms with Crippen LogP contribution in [0.15, 0.2) is 24.3 Å². The number of aliphatic hydroxyl groups excluding tert-OH is 1. The first-order valence-corrected chi connectivity index (χ1v) is 8.71. The molecule has 5 nitrogen and oxygen atoms in total. The second kappa shape index (κ2) is 5.63. The summed E-state index contributed by atoms with van der Waals surface area (Å²) >= 11 is 5.47. The number of aliphatic hydroxyl groups is 1. The van der Waals surface area contributed by atoms with Gasteiger partial charge < -0.3 is 24.8 Å². The van der Waals surface area contributed by atoms with Crippen LogP contribution in [-0.4, -0.2) is 48.0 Å². The number of methoxy groups -OCH3 is 1. The van der Waals surface area contributed by atoms with Gasteiger partial charge in [0.2, 0.25) is 0 Å². The molecule has 24 heavy (non-hydrogen) atoms. The quantitative estimate of drug-likeness (QED) is 0.597. The van der Waals surface area contributed by atoms with Gasteiger partial charge in [-0.1, -0.05) is 18.2 Å². The number of nitrogens with one attached hydrogen (secondary N) is 1. The van der Waals surface area contributed by atoms with Crippen molar-refractivity contribution in [2.75, 3.05) is 20.7 Å². The molecule has 1 aliphatic carbocycles. The topological polar surface area (TPSA) is 54.0 Å². The average Bonchev–Trinajstić information content (AvgIpc) is 2.82. The van der Waals surface area contributed by atoms with Crippen LogP contribution in [0.25, 0.3) is 0 Å². The molecule has 2 aliphatic heterocycles. The van der Waals surface area contributed by atoms with Crippen molar-refractivity contribution in [2.45, 2.75) is 37.0 Å². The molecule has 1 aromatic rings. The molecule has 0 aromatic heterocycles. The lowest BCUT2D eigenvalue weighted by atomic mass is 9.69. The summed E-state index contributed by atoms with van der Waals surface area (Å²) < 4.78 is 11.8. The summed E-state index contributed by atoms with van der Waals surface area (Å²) in [4.78, 5) is 2.19. The lowest BCUT2D eigenvalue weighted by Gasteiger charge is -2.36. The van der Waals surface area contributed by atoms with Gasteiger partial charge in [0.1, 0.15) is 6.10 Å². The molecular weight excluding hydrogens is 324 g/mol. The van der Waals surface area contributed by atoms with Crippen molar-refractivity contribution in [3.05, 3.63) is 35.4 Å². The van der Waals surface area contributed by atoms with Gasteiger partial charge in [0.15, 0.2) is 16.6 Å². The molecule has 0 bridgehead atoms. The van der Waals surface area contributed by atoms with Crippen molar-refractivity contribution in [2.24, 2.45) is 0 Å². The largest absolute Gasteiger partial charge is 0.493 e. The second-order valence-corrected chi connectivity index (χ2v) is 7.05.